The fourth-order valence-electron chi connectivity index (χ4n) is 4.31. The Balaban J connectivity index is 1.29. The largest absolute Gasteiger partial charge is 0.483 e. The monoisotopic (exact) mass is 472 g/mol. The third-order valence-corrected chi connectivity index (χ3v) is 6.12. The first-order valence-corrected chi connectivity index (χ1v) is 11.3. The second-order valence-electron chi connectivity index (χ2n) is 8.36. The van der Waals surface area contributed by atoms with Crippen molar-refractivity contribution < 1.29 is 24.2 Å². The molecule has 0 bridgehead atoms. The van der Waals surface area contributed by atoms with Gasteiger partial charge >= 0.3 is 12.1 Å². The maximum Gasteiger partial charge on any atom is 0.407 e. The molecule has 7 heteroatoms. The number of hydrogen-bond donors (Lipinski definition) is 3. The number of carboxylic acids is 1. The van der Waals surface area contributed by atoms with Crippen molar-refractivity contribution in [2.24, 2.45) is 0 Å². The van der Waals surface area contributed by atoms with Crippen LogP contribution in [-0.4, -0.2) is 36.9 Å². The van der Waals surface area contributed by atoms with Crippen molar-refractivity contribution in [3.05, 3.63) is 108 Å². The fraction of sp³-hybridized carbons (Fsp3) is 0.214. The van der Waals surface area contributed by atoms with Gasteiger partial charge in [-0.25, -0.2) is 9.59 Å². The van der Waals surface area contributed by atoms with Gasteiger partial charge in [-0.1, -0.05) is 72.8 Å². The van der Waals surface area contributed by atoms with Crippen LogP contribution in [0, 0.1) is 0 Å². The lowest BCUT2D eigenvalue weighted by molar-refractivity contribution is -0.139. The number of benzene rings is 3. The summed E-state index contributed by atoms with van der Waals surface area (Å²) in [5.41, 5.74) is 6.41. The van der Waals surface area contributed by atoms with Gasteiger partial charge in [-0.15, -0.1) is 0 Å². The molecular weight excluding hydrogens is 444 g/mol. The van der Waals surface area contributed by atoms with Gasteiger partial charge in [0.25, 0.3) is 0 Å². The van der Waals surface area contributed by atoms with E-state index in [0.29, 0.717) is 6.54 Å². The van der Waals surface area contributed by atoms with E-state index in [9.17, 15) is 14.7 Å². The quantitative estimate of drug-likeness (QED) is 0.378. The summed E-state index contributed by atoms with van der Waals surface area (Å²) in [5.74, 6) is -0.789. The van der Waals surface area contributed by atoms with Crippen LogP contribution in [0.15, 0.2) is 85.3 Å². The molecule has 3 aromatic carbocycles. The van der Waals surface area contributed by atoms with Crippen LogP contribution in [0.25, 0.3) is 11.1 Å². The number of hydrogen-bond acceptors (Lipinski definition) is 5. The van der Waals surface area contributed by atoms with Crippen LogP contribution in [0.5, 0.6) is 0 Å². The van der Waals surface area contributed by atoms with Gasteiger partial charge in [0, 0.05) is 18.9 Å². The molecule has 3 aromatic rings. The molecule has 4 rings (SSSR count). The summed E-state index contributed by atoms with van der Waals surface area (Å²) >= 11 is 0. The zero-order chi connectivity index (χ0) is 24.8. The van der Waals surface area contributed by atoms with E-state index in [1.165, 1.54) is 29.4 Å². The summed E-state index contributed by atoms with van der Waals surface area (Å²) in [6.45, 7) is 4.17. The Morgan fingerprint density at radius 1 is 0.943 bits per heavy atom. The van der Waals surface area contributed by atoms with Crippen LogP contribution in [0.4, 0.5) is 4.79 Å². The second kappa shape index (κ2) is 10.8. The number of alkyl carbamates (subject to hydrolysis) is 1. The molecule has 1 aliphatic rings. The van der Waals surface area contributed by atoms with Gasteiger partial charge in [-0.2, -0.15) is 0 Å². The molecule has 0 spiro atoms. The molecule has 180 valence electrons. The summed E-state index contributed by atoms with van der Waals surface area (Å²) in [6, 6.07) is 22.9. The van der Waals surface area contributed by atoms with Crippen molar-refractivity contribution in [1.82, 2.24) is 10.6 Å². The third-order valence-electron chi connectivity index (χ3n) is 6.12. The lowest BCUT2D eigenvalue weighted by atomic mass is 9.98. The minimum atomic E-state index is -0.996. The van der Waals surface area contributed by atoms with E-state index in [0.717, 1.165) is 11.1 Å². The molecular formula is C28H28N2O5. The van der Waals surface area contributed by atoms with Crippen molar-refractivity contribution >= 4 is 12.1 Å². The Morgan fingerprint density at radius 3 is 2.09 bits per heavy atom. The number of carboxylic acid groups (broad SMARTS) is 1. The third kappa shape index (κ3) is 5.63. The van der Waals surface area contributed by atoms with Crippen LogP contribution in [-0.2, 0) is 27.2 Å². The Bertz CT molecular complexity index is 1180. The smallest absolute Gasteiger partial charge is 0.407 e. The number of fused-ring (bicyclic) bond motifs is 3. The SMILES string of the molecule is C=C(N[C@@H](Cc1ccc(CNC(=O)OCC2c3ccccc3-c3ccccc32)cc1)C(=O)O)OC. The van der Waals surface area contributed by atoms with E-state index in [4.69, 9.17) is 9.47 Å². The minimum Gasteiger partial charge on any atom is -0.483 e. The van der Waals surface area contributed by atoms with Crippen molar-refractivity contribution in [2.45, 2.75) is 24.9 Å². The lowest BCUT2D eigenvalue weighted by Gasteiger charge is -2.17. The van der Waals surface area contributed by atoms with Gasteiger partial charge in [-0.3, -0.25) is 0 Å². The molecule has 0 unspecified atom stereocenters. The molecule has 0 aliphatic heterocycles. The van der Waals surface area contributed by atoms with Crippen molar-refractivity contribution in [3.63, 3.8) is 0 Å². The molecule has 1 atom stereocenters. The molecule has 0 saturated carbocycles. The topological polar surface area (TPSA) is 96.9 Å². The van der Waals surface area contributed by atoms with Crippen LogP contribution in [0.2, 0.25) is 0 Å². The number of methoxy groups -OCH3 is 1. The minimum absolute atomic E-state index is 0.0115. The number of carbonyl (C=O) groups excluding carboxylic acids is 1. The van der Waals surface area contributed by atoms with Gasteiger partial charge in [0.1, 0.15) is 12.6 Å². The van der Waals surface area contributed by atoms with Gasteiger partial charge in [0.2, 0.25) is 0 Å². The molecule has 0 heterocycles. The highest BCUT2D eigenvalue weighted by Gasteiger charge is 2.29. The number of nitrogens with one attached hydrogen (secondary N) is 2. The van der Waals surface area contributed by atoms with Crippen molar-refractivity contribution in [2.75, 3.05) is 13.7 Å². The normalized spacial score (nSPS) is 12.7. The van der Waals surface area contributed by atoms with Gasteiger partial charge in [0.05, 0.1) is 7.11 Å². The number of rotatable bonds is 10. The summed E-state index contributed by atoms with van der Waals surface area (Å²) in [4.78, 5) is 23.9. The Morgan fingerprint density at radius 2 is 1.51 bits per heavy atom. The summed E-state index contributed by atoms with van der Waals surface area (Å²) in [6.07, 6.45) is -0.221. The Kier molecular flexibility index (Phi) is 7.35. The average molecular weight is 473 g/mol. The number of carbonyl (C=O) groups is 2. The van der Waals surface area contributed by atoms with Gasteiger partial charge in [-0.05, 0) is 40.0 Å². The first-order valence-electron chi connectivity index (χ1n) is 11.3. The van der Waals surface area contributed by atoms with Crippen LogP contribution >= 0.6 is 0 Å². The molecule has 35 heavy (non-hydrogen) atoms. The standard InChI is InChI=1S/C28H28N2O5/c1-18(34-2)30-26(27(31)32)15-19-11-13-20(14-12-19)16-29-28(33)35-17-25-23-9-5-3-7-21(23)22-8-4-6-10-24(22)25/h3-14,25-26,30H,1,15-17H2,2H3,(H,29,33)(H,31,32)/t26-/m0/s1. The Hall–Kier alpha value is -4.26. The van der Waals surface area contributed by atoms with Crippen LogP contribution in [0.1, 0.15) is 28.2 Å². The molecule has 1 amide bonds. The molecule has 0 saturated heterocycles. The zero-order valence-corrected chi connectivity index (χ0v) is 19.5. The summed E-state index contributed by atoms with van der Waals surface area (Å²) in [7, 11) is 1.42. The van der Waals surface area contributed by atoms with E-state index in [2.05, 4.69) is 41.5 Å². The van der Waals surface area contributed by atoms with Gasteiger partial charge in [0.15, 0.2) is 5.88 Å². The van der Waals surface area contributed by atoms with Crippen LogP contribution < -0.4 is 10.6 Å². The summed E-state index contributed by atoms with van der Waals surface area (Å²) < 4.78 is 10.5. The van der Waals surface area contributed by atoms with E-state index in [1.807, 2.05) is 48.5 Å². The molecule has 7 nitrogen and oxygen atoms in total. The molecule has 0 fully saturated rings. The maximum atomic E-state index is 12.4. The van der Waals surface area contributed by atoms with Crippen molar-refractivity contribution in [3.8, 4) is 11.1 Å². The second-order valence-corrected chi connectivity index (χ2v) is 8.36. The first kappa shape index (κ1) is 23.9. The van der Waals surface area contributed by atoms with Crippen molar-refractivity contribution in [1.29, 1.82) is 0 Å². The van der Waals surface area contributed by atoms with Crippen LogP contribution in [0.3, 0.4) is 0 Å². The molecule has 0 aromatic heterocycles. The highest BCUT2D eigenvalue weighted by molar-refractivity contribution is 5.79. The highest BCUT2D eigenvalue weighted by Crippen LogP contribution is 2.44. The number of ether oxygens (including phenoxy) is 2. The fourth-order valence-corrected chi connectivity index (χ4v) is 4.31. The zero-order valence-electron chi connectivity index (χ0n) is 19.5. The number of amides is 1. The van der Waals surface area contributed by atoms with Gasteiger partial charge < -0.3 is 25.2 Å². The summed E-state index contributed by atoms with van der Waals surface area (Å²) in [5, 5.41) is 14.9. The molecule has 3 N–H and O–H groups in total. The maximum absolute atomic E-state index is 12.4. The predicted molar refractivity (Wildman–Crippen MR) is 133 cm³/mol. The molecule has 0 radical (unpaired) electrons. The molecule has 1 aliphatic carbocycles. The predicted octanol–water partition coefficient (Wildman–Crippen LogP) is 4.43. The van der Waals surface area contributed by atoms with E-state index < -0.39 is 18.1 Å². The average Bonchev–Trinajstić information content (AvgIpc) is 3.20. The van der Waals surface area contributed by atoms with E-state index >= 15 is 0 Å². The number of aliphatic carboxylic acids is 1. The van der Waals surface area contributed by atoms with E-state index in [1.54, 1.807) is 0 Å². The highest BCUT2D eigenvalue weighted by atomic mass is 16.5. The Labute approximate surface area is 204 Å². The first-order chi connectivity index (χ1) is 17.0. The van der Waals surface area contributed by atoms with E-state index in [-0.39, 0.29) is 24.8 Å². The lowest BCUT2D eigenvalue weighted by Crippen LogP contribution is -2.38.